The minimum atomic E-state index is -3.71. The minimum Gasteiger partial charge on any atom is -0.495 e. The van der Waals surface area contributed by atoms with Gasteiger partial charge in [0.25, 0.3) is 5.91 Å². The number of nitrogens with zero attached hydrogens (tertiary/aromatic N) is 3. The Kier molecular flexibility index (Phi) is 5.52. The number of nitrogens with one attached hydrogen (secondary N) is 1. The number of urea groups is 1. The first-order valence-electron chi connectivity index (χ1n) is 7.53. The lowest BCUT2D eigenvalue weighted by molar-refractivity contribution is -0.129. The maximum Gasteiger partial charge on any atom is 0.327 e. The molecule has 0 spiro atoms. The molecule has 1 aromatic rings. The molecule has 10 nitrogen and oxygen atoms in total. The average Bonchev–Trinajstić information content (AvgIpc) is 2.80. The fourth-order valence-corrected chi connectivity index (χ4v) is 3.24. The smallest absolute Gasteiger partial charge is 0.327 e. The molecular formula is C15H20N4O6S. The van der Waals surface area contributed by atoms with Crippen molar-refractivity contribution in [2.24, 2.45) is 0 Å². The molecule has 0 saturated carbocycles. The van der Waals surface area contributed by atoms with E-state index in [0.717, 1.165) is 9.21 Å². The van der Waals surface area contributed by atoms with Crippen LogP contribution < -0.4 is 10.1 Å². The summed E-state index contributed by atoms with van der Waals surface area (Å²) in [6.07, 6.45) is 0. The molecular weight excluding hydrogens is 364 g/mol. The van der Waals surface area contributed by atoms with Crippen LogP contribution in [0.3, 0.4) is 0 Å². The molecule has 0 bridgehead atoms. The van der Waals surface area contributed by atoms with Gasteiger partial charge in [-0.05, 0) is 18.2 Å². The number of methoxy groups -OCH3 is 1. The molecule has 0 unspecified atom stereocenters. The topological polar surface area (TPSA) is 116 Å². The molecule has 142 valence electrons. The van der Waals surface area contributed by atoms with Crippen LogP contribution in [0, 0.1) is 0 Å². The third-order valence-electron chi connectivity index (χ3n) is 3.76. The second-order valence-electron chi connectivity index (χ2n) is 5.82. The van der Waals surface area contributed by atoms with Gasteiger partial charge in [-0.2, -0.15) is 0 Å². The highest BCUT2D eigenvalue weighted by Gasteiger charge is 2.35. The highest BCUT2D eigenvalue weighted by atomic mass is 32.2. The van der Waals surface area contributed by atoms with Crippen molar-refractivity contribution in [2.75, 3.05) is 46.7 Å². The number of amides is 4. The molecule has 26 heavy (non-hydrogen) atoms. The summed E-state index contributed by atoms with van der Waals surface area (Å²) in [5, 5.41) is 2.48. The number of anilines is 1. The van der Waals surface area contributed by atoms with E-state index >= 15 is 0 Å². The number of hydrogen-bond acceptors (Lipinski definition) is 6. The number of imide groups is 1. The third kappa shape index (κ3) is 3.78. The van der Waals surface area contributed by atoms with Gasteiger partial charge >= 0.3 is 6.03 Å². The Balaban J connectivity index is 2.24. The highest BCUT2D eigenvalue weighted by molar-refractivity contribution is 7.89. The molecule has 1 saturated heterocycles. The summed E-state index contributed by atoms with van der Waals surface area (Å²) in [7, 11) is 1.89. The first-order valence-corrected chi connectivity index (χ1v) is 8.97. The molecule has 1 fully saturated rings. The van der Waals surface area contributed by atoms with E-state index in [1.54, 1.807) is 0 Å². The summed E-state index contributed by atoms with van der Waals surface area (Å²) in [4.78, 5) is 37.8. The summed E-state index contributed by atoms with van der Waals surface area (Å²) in [6, 6.07) is 3.45. The van der Waals surface area contributed by atoms with Crippen molar-refractivity contribution in [2.45, 2.75) is 4.90 Å². The number of carbonyl (C=O) groups excluding carboxylic acids is 3. The van der Waals surface area contributed by atoms with Crippen LogP contribution in [0.4, 0.5) is 10.5 Å². The van der Waals surface area contributed by atoms with Crippen LogP contribution in [0.15, 0.2) is 23.1 Å². The summed E-state index contributed by atoms with van der Waals surface area (Å²) < 4.78 is 30.6. The van der Waals surface area contributed by atoms with Crippen LogP contribution in [-0.4, -0.2) is 81.7 Å². The van der Waals surface area contributed by atoms with Gasteiger partial charge in [-0.15, -0.1) is 0 Å². The molecule has 1 heterocycles. The lowest BCUT2D eigenvalue weighted by Gasteiger charge is -2.17. The van der Waals surface area contributed by atoms with Gasteiger partial charge < -0.3 is 15.0 Å². The Hall–Kier alpha value is -2.66. The first kappa shape index (κ1) is 19.7. The molecule has 4 amide bonds. The van der Waals surface area contributed by atoms with Gasteiger partial charge in [0, 0.05) is 21.1 Å². The van der Waals surface area contributed by atoms with Crippen LogP contribution in [0.2, 0.25) is 0 Å². The Bertz CT molecular complexity index is 852. The molecule has 1 aromatic carbocycles. The van der Waals surface area contributed by atoms with E-state index in [1.807, 2.05) is 0 Å². The summed E-state index contributed by atoms with van der Waals surface area (Å²) >= 11 is 0. The van der Waals surface area contributed by atoms with Gasteiger partial charge in [-0.25, -0.2) is 17.5 Å². The fourth-order valence-electron chi connectivity index (χ4n) is 2.31. The summed E-state index contributed by atoms with van der Waals surface area (Å²) in [5.41, 5.74) is 0.118. The van der Waals surface area contributed by atoms with Gasteiger partial charge in [-0.3, -0.25) is 14.5 Å². The van der Waals surface area contributed by atoms with Crippen LogP contribution in [-0.2, 0) is 19.6 Å². The normalized spacial score (nSPS) is 15.0. The Morgan fingerprint density at radius 3 is 2.46 bits per heavy atom. The number of sulfonamides is 1. The van der Waals surface area contributed by atoms with Crippen molar-refractivity contribution in [1.82, 2.24) is 14.1 Å². The van der Waals surface area contributed by atoms with Gasteiger partial charge in [0.05, 0.1) is 17.7 Å². The zero-order valence-corrected chi connectivity index (χ0v) is 15.7. The van der Waals surface area contributed by atoms with E-state index in [4.69, 9.17) is 4.74 Å². The minimum absolute atomic E-state index is 0.0355. The Morgan fingerprint density at radius 2 is 1.96 bits per heavy atom. The van der Waals surface area contributed by atoms with Crippen LogP contribution >= 0.6 is 0 Å². The summed E-state index contributed by atoms with van der Waals surface area (Å²) in [6.45, 7) is -0.568. The lowest BCUT2D eigenvalue weighted by Crippen LogP contribution is -2.38. The van der Waals surface area contributed by atoms with Gasteiger partial charge in [0.2, 0.25) is 15.9 Å². The Labute approximate surface area is 151 Å². The summed E-state index contributed by atoms with van der Waals surface area (Å²) in [5.74, 6) is -0.893. The maximum absolute atomic E-state index is 12.2. The van der Waals surface area contributed by atoms with Crippen molar-refractivity contribution in [3.05, 3.63) is 18.2 Å². The van der Waals surface area contributed by atoms with Crippen LogP contribution in [0.5, 0.6) is 5.75 Å². The predicted octanol–water partition coefficient (Wildman–Crippen LogP) is -0.222. The molecule has 0 radical (unpaired) electrons. The van der Waals surface area contributed by atoms with Crippen molar-refractivity contribution in [3.63, 3.8) is 0 Å². The molecule has 0 aromatic heterocycles. The number of rotatable bonds is 6. The van der Waals surface area contributed by atoms with Crippen molar-refractivity contribution in [3.8, 4) is 5.75 Å². The highest BCUT2D eigenvalue weighted by Crippen LogP contribution is 2.28. The van der Waals surface area contributed by atoms with E-state index in [0.29, 0.717) is 0 Å². The predicted molar refractivity (Wildman–Crippen MR) is 92.2 cm³/mol. The number of benzene rings is 1. The number of hydrogen-bond donors (Lipinski definition) is 1. The number of carbonyl (C=O) groups is 3. The van der Waals surface area contributed by atoms with E-state index in [1.165, 1.54) is 51.4 Å². The zero-order valence-electron chi connectivity index (χ0n) is 14.8. The van der Waals surface area contributed by atoms with Gasteiger partial charge in [0.15, 0.2) is 0 Å². The third-order valence-corrected chi connectivity index (χ3v) is 5.57. The lowest BCUT2D eigenvalue weighted by atomic mass is 10.3. The second kappa shape index (κ2) is 7.30. The molecule has 1 aliphatic heterocycles. The first-order chi connectivity index (χ1) is 12.1. The molecule has 11 heteroatoms. The Morgan fingerprint density at radius 1 is 1.31 bits per heavy atom. The quantitative estimate of drug-likeness (QED) is 0.678. The van der Waals surface area contributed by atoms with Crippen LogP contribution in [0.1, 0.15) is 0 Å². The monoisotopic (exact) mass is 384 g/mol. The fraction of sp³-hybridized carbons (Fsp3) is 0.400. The molecule has 1 N–H and O–H groups in total. The maximum atomic E-state index is 12.2. The van der Waals surface area contributed by atoms with Crippen molar-refractivity contribution >= 4 is 33.6 Å². The second-order valence-corrected chi connectivity index (χ2v) is 7.97. The number of ether oxygens (including phenoxy) is 1. The molecule has 0 aliphatic carbocycles. The van der Waals surface area contributed by atoms with Gasteiger partial charge in [0.1, 0.15) is 18.8 Å². The van der Waals surface area contributed by atoms with E-state index in [-0.39, 0.29) is 22.9 Å². The van der Waals surface area contributed by atoms with Crippen molar-refractivity contribution < 1.29 is 27.5 Å². The van der Waals surface area contributed by atoms with E-state index in [9.17, 15) is 22.8 Å². The molecule has 1 aliphatic rings. The largest absolute Gasteiger partial charge is 0.495 e. The van der Waals surface area contributed by atoms with Gasteiger partial charge in [-0.1, -0.05) is 0 Å². The average molecular weight is 384 g/mol. The van der Waals surface area contributed by atoms with Crippen LogP contribution in [0.25, 0.3) is 0 Å². The van der Waals surface area contributed by atoms with E-state index in [2.05, 4.69) is 5.32 Å². The zero-order chi connectivity index (χ0) is 19.6. The number of likely N-dealkylation sites (N-methyl/N-ethyl adjacent to an activating group) is 1. The van der Waals surface area contributed by atoms with Crippen molar-refractivity contribution in [1.29, 1.82) is 0 Å². The SMILES string of the molecule is COc1ccc(S(=O)(=O)N(C)C)cc1NC(=O)CN1C(=O)CN(C)C1=O. The van der Waals surface area contributed by atoms with E-state index < -0.39 is 34.4 Å². The molecule has 0 atom stereocenters. The standard InChI is InChI=1S/C15H20N4O6S/c1-17(2)26(23,24)10-5-6-12(25-4)11(7-10)16-13(20)8-19-14(21)9-18(3)15(19)22/h5-7H,8-9H2,1-4H3,(H,16,20). The molecule has 2 rings (SSSR count).